The molecule has 0 aliphatic heterocycles. The third kappa shape index (κ3) is 4.17. The van der Waals surface area contributed by atoms with Crippen molar-refractivity contribution in [1.82, 2.24) is 4.90 Å². The number of benzene rings is 1. The first-order valence-electron chi connectivity index (χ1n) is 5.86. The van der Waals surface area contributed by atoms with Gasteiger partial charge < -0.3 is 9.64 Å². The van der Waals surface area contributed by atoms with Gasteiger partial charge in [0.2, 0.25) is 0 Å². The molecule has 0 saturated heterocycles. The predicted molar refractivity (Wildman–Crippen MR) is 65.0 cm³/mol. The molecule has 1 amide bonds. The van der Waals surface area contributed by atoms with Gasteiger partial charge in [-0.2, -0.15) is 13.2 Å². The number of rotatable bonds is 4. The van der Waals surface area contributed by atoms with Crippen LogP contribution in [0.15, 0.2) is 18.2 Å². The summed E-state index contributed by atoms with van der Waals surface area (Å²) in [7, 11) is 2.42. The van der Waals surface area contributed by atoms with E-state index in [-0.39, 0.29) is 13.0 Å². The molecule has 116 valence electrons. The second-order valence-corrected chi connectivity index (χ2v) is 4.22. The Morgan fingerprint density at radius 1 is 1.29 bits per heavy atom. The third-order valence-corrected chi connectivity index (χ3v) is 2.76. The van der Waals surface area contributed by atoms with Crippen LogP contribution in [0.3, 0.4) is 0 Å². The van der Waals surface area contributed by atoms with Crippen molar-refractivity contribution < 1.29 is 31.9 Å². The van der Waals surface area contributed by atoms with Crippen LogP contribution < -0.4 is 0 Å². The molecule has 0 N–H and O–H groups in total. The molecule has 0 unspecified atom stereocenters. The van der Waals surface area contributed by atoms with Crippen LogP contribution in [0.5, 0.6) is 0 Å². The number of methoxy groups -OCH3 is 1. The number of esters is 1. The summed E-state index contributed by atoms with van der Waals surface area (Å²) >= 11 is 0. The lowest BCUT2D eigenvalue weighted by molar-refractivity contribution is -0.141. The summed E-state index contributed by atoms with van der Waals surface area (Å²) in [6.45, 7) is -0.0960. The topological polar surface area (TPSA) is 46.6 Å². The molecule has 0 bridgehead atoms. The van der Waals surface area contributed by atoms with Gasteiger partial charge in [0.1, 0.15) is 5.82 Å². The van der Waals surface area contributed by atoms with Crippen molar-refractivity contribution in [1.29, 1.82) is 0 Å². The average Bonchev–Trinajstić information content (AvgIpc) is 2.42. The van der Waals surface area contributed by atoms with Crippen molar-refractivity contribution in [3.63, 3.8) is 0 Å². The van der Waals surface area contributed by atoms with E-state index >= 15 is 0 Å². The molecule has 1 rings (SSSR count). The molecule has 0 aliphatic carbocycles. The van der Waals surface area contributed by atoms with Crippen molar-refractivity contribution in [2.75, 3.05) is 20.7 Å². The first kappa shape index (κ1) is 16.9. The molecule has 0 saturated carbocycles. The minimum absolute atomic E-state index is 0.0960. The molecule has 0 atom stereocenters. The van der Waals surface area contributed by atoms with Gasteiger partial charge in [0.05, 0.1) is 24.7 Å². The second-order valence-electron chi connectivity index (χ2n) is 4.22. The molecule has 0 aliphatic rings. The number of ether oxygens (including phenoxy) is 1. The van der Waals surface area contributed by atoms with Gasteiger partial charge in [-0.25, -0.2) is 4.39 Å². The maximum atomic E-state index is 13.8. The van der Waals surface area contributed by atoms with Crippen LogP contribution >= 0.6 is 0 Å². The molecule has 0 fully saturated rings. The lowest BCUT2D eigenvalue weighted by atomic mass is 10.1. The molecule has 8 heteroatoms. The number of alkyl halides is 3. The summed E-state index contributed by atoms with van der Waals surface area (Å²) in [5, 5.41) is 0. The average molecular weight is 307 g/mol. The SMILES string of the molecule is COC(=O)CCN(C)C(=O)c1cccc(C(F)(F)F)c1F. The van der Waals surface area contributed by atoms with Gasteiger partial charge in [-0.1, -0.05) is 6.07 Å². The molecule has 1 aromatic carbocycles. The highest BCUT2D eigenvalue weighted by molar-refractivity contribution is 5.94. The molecule has 21 heavy (non-hydrogen) atoms. The number of halogens is 4. The Labute approximate surface area is 118 Å². The van der Waals surface area contributed by atoms with E-state index in [1.54, 1.807) is 0 Å². The number of hydrogen-bond acceptors (Lipinski definition) is 3. The highest BCUT2D eigenvalue weighted by Gasteiger charge is 2.36. The molecule has 4 nitrogen and oxygen atoms in total. The Balaban J connectivity index is 2.95. The summed E-state index contributed by atoms with van der Waals surface area (Å²) in [5.74, 6) is -3.15. The van der Waals surface area contributed by atoms with Gasteiger partial charge in [0.25, 0.3) is 5.91 Å². The van der Waals surface area contributed by atoms with E-state index in [1.165, 1.54) is 7.05 Å². The predicted octanol–water partition coefficient (Wildman–Crippen LogP) is 2.48. The zero-order chi connectivity index (χ0) is 16.2. The first-order chi connectivity index (χ1) is 9.68. The monoisotopic (exact) mass is 307 g/mol. The van der Waals surface area contributed by atoms with Crippen LogP contribution in [-0.4, -0.2) is 37.5 Å². The van der Waals surface area contributed by atoms with E-state index in [4.69, 9.17) is 0 Å². The van der Waals surface area contributed by atoms with Crippen LogP contribution in [0.1, 0.15) is 22.3 Å². The lowest BCUT2D eigenvalue weighted by Crippen LogP contribution is -2.30. The van der Waals surface area contributed by atoms with Gasteiger partial charge in [0, 0.05) is 13.6 Å². The maximum Gasteiger partial charge on any atom is 0.419 e. The van der Waals surface area contributed by atoms with Crippen molar-refractivity contribution in [3.8, 4) is 0 Å². The smallest absolute Gasteiger partial charge is 0.419 e. The van der Waals surface area contributed by atoms with Crippen LogP contribution in [0.2, 0.25) is 0 Å². The summed E-state index contributed by atoms with van der Waals surface area (Å²) in [6, 6.07) is 2.47. The maximum absolute atomic E-state index is 13.8. The standard InChI is InChI=1S/C13H13F4NO3/c1-18(7-6-10(19)21-2)12(20)8-4-3-5-9(11(8)14)13(15,16)17/h3-5H,6-7H2,1-2H3. The van der Waals surface area contributed by atoms with E-state index in [0.717, 1.165) is 24.1 Å². The van der Waals surface area contributed by atoms with Gasteiger partial charge in [-0.15, -0.1) is 0 Å². The Morgan fingerprint density at radius 3 is 2.43 bits per heavy atom. The summed E-state index contributed by atoms with van der Waals surface area (Å²) in [4.78, 5) is 23.8. The minimum Gasteiger partial charge on any atom is -0.469 e. The Kier molecular flexibility index (Phi) is 5.28. The van der Waals surface area contributed by atoms with Crippen LogP contribution in [-0.2, 0) is 15.7 Å². The van der Waals surface area contributed by atoms with E-state index < -0.39 is 35.0 Å². The normalized spacial score (nSPS) is 11.1. The highest BCUT2D eigenvalue weighted by atomic mass is 19.4. The molecule has 1 aromatic rings. The fourth-order valence-corrected chi connectivity index (χ4v) is 1.58. The largest absolute Gasteiger partial charge is 0.469 e. The summed E-state index contributed by atoms with van der Waals surface area (Å²) < 4.78 is 55.9. The van der Waals surface area contributed by atoms with Gasteiger partial charge in [-0.05, 0) is 12.1 Å². The quantitative estimate of drug-likeness (QED) is 0.634. The van der Waals surface area contributed by atoms with Gasteiger partial charge >= 0.3 is 12.1 Å². The van der Waals surface area contributed by atoms with Crippen molar-refractivity contribution in [3.05, 3.63) is 35.1 Å². The number of nitrogens with zero attached hydrogens (tertiary/aromatic N) is 1. The third-order valence-electron chi connectivity index (χ3n) is 2.76. The lowest BCUT2D eigenvalue weighted by Gasteiger charge is -2.18. The van der Waals surface area contributed by atoms with Crippen LogP contribution in [0.25, 0.3) is 0 Å². The number of amides is 1. The molecule has 0 radical (unpaired) electrons. The number of carbonyl (C=O) groups is 2. The summed E-state index contributed by atoms with van der Waals surface area (Å²) in [6.07, 6.45) is -5.02. The molecular formula is C13H13F4NO3. The number of hydrogen-bond donors (Lipinski definition) is 0. The van der Waals surface area contributed by atoms with Crippen molar-refractivity contribution in [2.24, 2.45) is 0 Å². The molecule has 0 spiro atoms. The van der Waals surface area contributed by atoms with Crippen molar-refractivity contribution in [2.45, 2.75) is 12.6 Å². The van der Waals surface area contributed by atoms with Crippen molar-refractivity contribution >= 4 is 11.9 Å². The van der Waals surface area contributed by atoms with E-state index in [1.807, 2.05) is 0 Å². The highest BCUT2D eigenvalue weighted by Crippen LogP contribution is 2.32. The fourth-order valence-electron chi connectivity index (χ4n) is 1.58. The zero-order valence-electron chi connectivity index (χ0n) is 11.3. The summed E-state index contributed by atoms with van der Waals surface area (Å²) in [5.41, 5.74) is -2.20. The molecular weight excluding hydrogens is 294 g/mol. The number of carbonyl (C=O) groups excluding carboxylic acids is 2. The van der Waals surface area contributed by atoms with Gasteiger partial charge in [0.15, 0.2) is 0 Å². The van der Waals surface area contributed by atoms with Crippen LogP contribution in [0, 0.1) is 5.82 Å². The second kappa shape index (κ2) is 6.55. The minimum atomic E-state index is -4.88. The van der Waals surface area contributed by atoms with Gasteiger partial charge in [-0.3, -0.25) is 9.59 Å². The first-order valence-corrected chi connectivity index (χ1v) is 5.86. The molecule has 0 aromatic heterocycles. The Hall–Kier alpha value is -2.12. The zero-order valence-corrected chi connectivity index (χ0v) is 11.3. The fraction of sp³-hybridized carbons (Fsp3) is 0.385. The van der Waals surface area contributed by atoms with E-state index in [2.05, 4.69) is 4.74 Å². The van der Waals surface area contributed by atoms with E-state index in [9.17, 15) is 27.2 Å². The van der Waals surface area contributed by atoms with Crippen LogP contribution in [0.4, 0.5) is 17.6 Å². The van der Waals surface area contributed by atoms with E-state index in [0.29, 0.717) is 6.07 Å². The Bertz CT molecular complexity index is 543. The molecule has 0 heterocycles. The Morgan fingerprint density at radius 2 is 1.90 bits per heavy atom.